The zero-order valence-electron chi connectivity index (χ0n) is 11.4. The van der Waals surface area contributed by atoms with Gasteiger partial charge in [0.15, 0.2) is 0 Å². The largest absolute Gasteiger partial charge is 0.494 e. The fourth-order valence-electron chi connectivity index (χ4n) is 1.74. The second kappa shape index (κ2) is 6.51. The number of rotatable bonds is 5. The normalized spacial score (nSPS) is 9.95. The number of nitrogens with one attached hydrogen (secondary N) is 1. The van der Waals surface area contributed by atoms with E-state index in [2.05, 4.69) is 5.32 Å². The van der Waals surface area contributed by atoms with Crippen LogP contribution in [0.3, 0.4) is 0 Å². The third-order valence-electron chi connectivity index (χ3n) is 2.76. The molecular formula is C15H14N2O4. The Morgan fingerprint density at radius 1 is 1.14 bits per heavy atom. The molecule has 2 aromatic carbocycles. The number of nitro benzene ring substituents is 1. The van der Waals surface area contributed by atoms with Crippen molar-refractivity contribution >= 4 is 17.3 Å². The molecule has 2 rings (SSSR count). The van der Waals surface area contributed by atoms with Gasteiger partial charge < -0.3 is 10.1 Å². The number of amides is 1. The fraction of sp³-hybridized carbons (Fsp3) is 0.133. The molecule has 0 aliphatic carbocycles. The zero-order valence-corrected chi connectivity index (χ0v) is 11.4. The van der Waals surface area contributed by atoms with Crippen LogP contribution in [-0.4, -0.2) is 17.4 Å². The average molecular weight is 286 g/mol. The summed E-state index contributed by atoms with van der Waals surface area (Å²) in [6.07, 6.45) is 0. The summed E-state index contributed by atoms with van der Waals surface area (Å²) in [4.78, 5) is 22.1. The van der Waals surface area contributed by atoms with Crippen molar-refractivity contribution in [2.75, 3.05) is 11.9 Å². The average Bonchev–Trinajstić information content (AvgIpc) is 2.49. The second-order valence-electron chi connectivity index (χ2n) is 4.22. The Kier molecular flexibility index (Phi) is 4.50. The summed E-state index contributed by atoms with van der Waals surface area (Å²) in [6, 6.07) is 12.4. The summed E-state index contributed by atoms with van der Waals surface area (Å²) in [6.45, 7) is 2.45. The number of benzene rings is 2. The Morgan fingerprint density at radius 2 is 1.76 bits per heavy atom. The molecule has 6 heteroatoms. The lowest BCUT2D eigenvalue weighted by Gasteiger charge is -2.06. The van der Waals surface area contributed by atoms with Gasteiger partial charge in [-0.1, -0.05) is 0 Å². The maximum atomic E-state index is 12.0. The lowest BCUT2D eigenvalue weighted by atomic mass is 10.2. The third kappa shape index (κ3) is 3.79. The summed E-state index contributed by atoms with van der Waals surface area (Å²) in [7, 11) is 0. The number of hydrogen-bond donors (Lipinski definition) is 1. The van der Waals surface area contributed by atoms with E-state index < -0.39 is 4.92 Å². The van der Waals surface area contributed by atoms with Crippen molar-refractivity contribution in [3.63, 3.8) is 0 Å². The van der Waals surface area contributed by atoms with E-state index in [1.807, 2.05) is 6.92 Å². The molecule has 0 fully saturated rings. The van der Waals surface area contributed by atoms with Crippen molar-refractivity contribution in [2.24, 2.45) is 0 Å². The number of nitrogens with zero attached hydrogens (tertiary/aromatic N) is 1. The number of non-ortho nitro benzene ring substituents is 1. The smallest absolute Gasteiger partial charge is 0.269 e. The number of carbonyl (C=O) groups is 1. The Hall–Kier alpha value is -2.89. The van der Waals surface area contributed by atoms with Crippen LogP contribution in [0.25, 0.3) is 0 Å². The van der Waals surface area contributed by atoms with Gasteiger partial charge in [0.25, 0.3) is 11.6 Å². The monoisotopic (exact) mass is 286 g/mol. The maximum absolute atomic E-state index is 12.0. The van der Waals surface area contributed by atoms with E-state index in [0.29, 0.717) is 23.6 Å². The first kappa shape index (κ1) is 14.5. The van der Waals surface area contributed by atoms with Crippen LogP contribution in [0.15, 0.2) is 48.5 Å². The second-order valence-corrected chi connectivity index (χ2v) is 4.22. The molecule has 0 atom stereocenters. The maximum Gasteiger partial charge on any atom is 0.269 e. The molecule has 0 bridgehead atoms. The molecule has 0 aromatic heterocycles. The molecule has 0 saturated carbocycles. The number of ether oxygens (including phenoxy) is 1. The van der Waals surface area contributed by atoms with Crippen LogP contribution < -0.4 is 10.1 Å². The topological polar surface area (TPSA) is 81.5 Å². The van der Waals surface area contributed by atoms with Gasteiger partial charge in [-0.05, 0) is 43.3 Å². The van der Waals surface area contributed by atoms with E-state index in [1.54, 1.807) is 24.3 Å². The van der Waals surface area contributed by atoms with Crippen LogP contribution in [0.4, 0.5) is 11.4 Å². The summed E-state index contributed by atoms with van der Waals surface area (Å²) in [5.74, 6) is 0.413. The molecule has 21 heavy (non-hydrogen) atoms. The van der Waals surface area contributed by atoms with Crippen LogP contribution in [0.2, 0.25) is 0 Å². The molecule has 1 amide bonds. The molecular weight excluding hydrogens is 272 g/mol. The predicted molar refractivity (Wildman–Crippen MR) is 78.7 cm³/mol. The molecule has 108 valence electrons. The first-order valence-electron chi connectivity index (χ1n) is 6.39. The third-order valence-corrected chi connectivity index (χ3v) is 2.76. The first-order chi connectivity index (χ1) is 10.1. The van der Waals surface area contributed by atoms with E-state index in [4.69, 9.17) is 4.74 Å². The highest BCUT2D eigenvalue weighted by Crippen LogP contribution is 2.17. The van der Waals surface area contributed by atoms with Gasteiger partial charge in [-0.3, -0.25) is 14.9 Å². The number of anilines is 1. The lowest BCUT2D eigenvalue weighted by Crippen LogP contribution is -2.11. The molecule has 0 heterocycles. The van der Waals surface area contributed by atoms with Gasteiger partial charge in [0, 0.05) is 23.4 Å². The van der Waals surface area contributed by atoms with Gasteiger partial charge in [0.05, 0.1) is 11.5 Å². The van der Waals surface area contributed by atoms with Crippen molar-refractivity contribution < 1.29 is 14.5 Å². The zero-order chi connectivity index (χ0) is 15.2. The molecule has 6 nitrogen and oxygen atoms in total. The molecule has 0 radical (unpaired) electrons. The highest BCUT2D eigenvalue weighted by molar-refractivity contribution is 6.04. The molecule has 2 aromatic rings. The quantitative estimate of drug-likeness (QED) is 0.675. The summed E-state index contributed by atoms with van der Waals surface area (Å²) in [5, 5.41) is 13.2. The molecule has 0 spiro atoms. The van der Waals surface area contributed by atoms with Crippen LogP contribution in [-0.2, 0) is 0 Å². The van der Waals surface area contributed by atoms with Crippen LogP contribution in [0.5, 0.6) is 5.75 Å². The number of hydrogen-bond acceptors (Lipinski definition) is 4. The molecule has 0 aliphatic rings. The van der Waals surface area contributed by atoms with Gasteiger partial charge in [-0.15, -0.1) is 0 Å². The van der Waals surface area contributed by atoms with Gasteiger partial charge in [0.1, 0.15) is 5.75 Å². The van der Waals surface area contributed by atoms with Crippen molar-refractivity contribution in [3.05, 3.63) is 64.2 Å². The van der Waals surface area contributed by atoms with Crippen LogP contribution in [0.1, 0.15) is 17.3 Å². The van der Waals surface area contributed by atoms with Gasteiger partial charge in [-0.25, -0.2) is 0 Å². The van der Waals surface area contributed by atoms with Crippen molar-refractivity contribution in [1.29, 1.82) is 0 Å². The molecule has 1 N–H and O–H groups in total. The molecule has 0 unspecified atom stereocenters. The summed E-state index contributed by atoms with van der Waals surface area (Å²) in [5.41, 5.74) is 0.963. The number of carbonyl (C=O) groups excluding carboxylic acids is 1. The number of nitro groups is 1. The van der Waals surface area contributed by atoms with E-state index in [0.717, 1.165) is 0 Å². The molecule has 0 aliphatic heterocycles. The Bertz CT molecular complexity index is 636. The summed E-state index contributed by atoms with van der Waals surface area (Å²) >= 11 is 0. The minimum Gasteiger partial charge on any atom is -0.494 e. The van der Waals surface area contributed by atoms with Gasteiger partial charge in [-0.2, -0.15) is 0 Å². The van der Waals surface area contributed by atoms with Gasteiger partial charge in [0.2, 0.25) is 0 Å². The SMILES string of the molecule is CCOc1ccc(C(=O)Nc2ccc([N+](=O)[O-])cc2)cc1. The van der Waals surface area contributed by atoms with Crippen LogP contribution in [0, 0.1) is 10.1 Å². The Labute approximate surface area is 121 Å². The van der Waals surface area contributed by atoms with E-state index in [9.17, 15) is 14.9 Å². The predicted octanol–water partition coefficient (Wildman–Crippen LogP) is 3.25. The van der Waals surface area contributed by atoms with Crippen molar-refractivity contribution in [3.8, 4) is 5.75 Å². The minimum atomic E-state index is -0.488. The Morgan fingerprint density at radius 3 is 2.29 bits per heavy atom. The lowest BCUT2D eigenvalue weighted by molar-refractivity contribution is -0.384. The van der Waals surface area contributed by atoms with Crippen LogP contribution >= 0.6 is 0 Å². The van der Waals surface area contributed by atoms with Crippen molar-refractivity contribution in [2.45, 2.75) is 6.92 Å². The first-order valence-corrected chi connectivity index (χ1v) is 6.39. The highest BCUT2D eigenvalue weighted by Gasteiger charge is 2.08. The highest BCUT2D eigenvalue weighted by atomic mass is 16.6. The van der Waals surface area contributed by atoms with Gasteiger partial charge >= 0.3 is 0 Å². The summed E-state index contributed by atoms with van der Waals surface area (Å²) < 4.78 is 5.30. The fourth-order valence-corrected chi connectivity index (χ4v) is 1.74. The minimum absolute atomic E-state index is 0.0194. The Balaban J connectivity index is 2.05. The van der Waals surface area contributed by atoms with Crippen molar-refractivity contribution in [1.82, 2.24) is 0 Å². The molecule has 0 saturated heterocycles. The van der Waals surface area contributed by atoms with E-state index in [-0.39, 0.29) is 11.6 Å². The standard InChI is InChI=1S/C15H14N2O4/c1-2-21-14-9-3-11(4-10-14)15(18)16-12-5-7-13(8-6-12)17(19)20/h3-10H,2H2,1H3,(H,16,18). The van der Waals surface area contributed by atoms with E-state index in [1.165, 1.54) is 24.3 Å². The van der Waals surface area contributed by atoms with E-state index >= 15 is 0 Å².